The van der Waals surface area contributed by atoms with Crippen LogP contribution in [0.15, 0.2) is 37.4 Å². The van der Waals surface area contributed by atoms with Gasteiger partial charge in [-0.05, 0) is 13.8 Å². The topological polar surface area (TPSA) is 187 Å². The van der Waals surface area contributed by atoms with Gasteiger partial charge in [0.25, 0.3) is 0 Å². The fourth-order valence-electron chi connectivity index (χ4n) is 2.70. The Balaban J connectivity index is 0. The molecule has 3 rings (SSSR count). The molecule has 16 nitrogen and oxygen atoms in total. The summed E-state index contributed by atoms with van der Waals surface area (Å²) >= 11 is 0. The Morgan fingerprint density at radius 1 is 0.545 bits per heavy atom. The molecule has 0 aliphatic carbocycles. The van der Waals surface area contributed by atoms with Gasteiger partial charge in [0.2, 0.25) is 12.7 Å². The van der Waals surface area contributed by atoms with E-state index in [1.54, 1.807) is 0 Å². The van der Waals surface area contributed by atoms with Crippen molar-refractivity contribution in [1.82, 2.24) is 9.13 Å². The number of hydrogen-bond acceptors (Lipinski definition) is 12. The van der Waals surface area contributed by atoms with Crippen molar-refractivity contribution in [3.05, 3.63) is 37.4 Å². The van der Waals surface area contributed by atoms with Crippen LogP contribution in [0.2, 0.25) is 0 Å². The molecule has 1 aliphatic rings. The van der Waals surface area contributed by atoms with Gasteiger partial charge in [0.15, 0.2) is 0 Å². The zero-order valence-electron chi connectivity index (χ0n) is 26.9. The molecule has 0 bridgehead atoms. The van der Waals surface area contributed by atoms with Crippen LogP contribution in [0, 0.1) is 0 Å². The van der Waals surface area contributed by atoms with Crippen molar-refractivity contribution in [3.8, 4) is 0 Å². The van der Waals surface area contributed by atoms with Crippen LogP contribution in [0.25, 0.3) is 0 Å². The Bertz CT molecular complexity index is 964. The second-order valence-electron chi connectivity index (χ2n) is 8.90. The third-order valence-electron chi connectivity index (χ3n) is 4.61. The van der Waals surface area contributed by atoms with Crippen LogP contribution < -0.4 is 9.13 Å². The molecule has 0 aromatic carbocycles. The Morgan fingerprint density at radius 2 is 0.727 bits per heavy atom. The minimum absolute atomic E-state index is 0.586. The molecule has 1 saturated heterocycles. The lowest BCUT2D eigenvalue weighted by Gasteiger charge is -2.09. The molecular formula is C26H52N4O12S2. The van der Waals surface area contributed by atoms with Crippen LogP contribution in [0.4, 0.5) is 0 Å². The molecule has 18 heteroatoms. The first kappa shape index (κ1) is 44.1. The number of imidazole rings is 2. The molecule has 0 spiro atoms. The lowest BCUT2D eigenvalue weighted by molar-refractivity contribution is -0.671. The van der Waals surface area contributed by atoms with Crippen molar-refractivity contribution in [2.24, 2.45) is 14.1 Å². The van der Waals surface area contributed by atoms with Crippen LogP contribution >= 0.6 is 0 Å². The first-order valence-corrected chi connectivity index (χ1v) is 17.6. The monoisotopic (exact) mass is 676 g/mol. The second kappa shape index (κ2) is 28.5. The van der Waals surface area contributed by atoms with Crippen molar-refractivity contribution in [2.75, 3.05) is 91.8 Å². The molecule has 2 aromatic heterocycles. The number of ether oxygens (including phenoxy) is 6. The van der Waals surface area contributed by atoms with E-state index in [0.717, 1.165) is 13.1 Å². The molecule has 3 heterocycles. The summed E-state index contributed by atoms with van der Waals surface area (Å²) < 4.78 is 94.7. The maximum Gasteiger partial charge on any atom is 0.243 e. The van der Waals surface area contributed by atoms with Gasteiger partial charge in [-0.15, -0.1) is 0 Å². The van der Waals surface area contributed by atoms with Crippen molar-refractivity contribution in [3.63, 3.8) is 0 Å². The average Bonchev–Trinajstić information content (AvgIpc) is 3.55. The predicted octanol–water partition coefficient (Wildman–Crippen LogP) is -0.913. The zero-order chi connectivity index (χ0) is 33.7. The van der Waals surface area contributed by atoms with E-state index in [4.69, 9.17) is 54.4 Å². The Hall–Kier alpha value is -2.00. The molecule has 1 aliphatic heterocycles. The maximum atomic E-state index is 9.08. The summed E-state index contributed by atoms with van der Waals surface area (Å²) in [7, 11) is -3.79. The normalized spacial score (nSPS) is 16.0. The van der Waals surface area contributed by atoms with E-state index in [2.05, 4.69) is 48.0 Å². The molecule has 0 unspecified atom stereocenters. The highest BCUT2D eigenvalue weighted by Crippen LogP contribution is 1.86. The standard InChI is InChI=1S/C12H24O6.2C6H11N2.2CH4O3S/c1-2-14-5-6-16-9-10-18-12-11-17-8-7-15-4-3-13-1;2*1-3-8-5-4-7(2)6-8;2*1-5(2,3)4/h1-12H2;2*4-6H,3H2,1-2H3;2*1H3,(H,2,3,4)/q;2*+1;;/p-2. The molecule has 260 valence electrons. The maximum absolute atomic E-state index is 9.08. The van der Waals surface area contributed by atoms with Gasteiger partial charge in [-0.1, -0.05) is 0 Å². The second-order valence-corrected chi connectivity index (χ2v) is 11.7. The van der Waals surface area contributed by atoms with Gasteiger partial charge in [0.1, 0.15) is 24.8 Å². The molecule has 0 saturated carbocycles. The number of nitrogens with zero attached hydrogens (tertiary/aromatic N) is 4. The van der Waals surface area contributed by atoms with Crippen molar-refractivity contribution < 1.29 is 63.5 Å². The van der Waals surface area contributed by atoms with Gasteiger partial charge in [-0.2, -0.15) is 0 Å². The van der Waals surface area contributed by atoms with Crippen molar-refractivity contribution in [1.29, 1.82) is 0 Å². The zero-order valence-corrected chi connectivity index (χ0v) is 28.5. The summed E-state index contributed by atoms with van der Waals surface area (Å²) in [6.45, 7) is 13.4. The minimum atomic E-state index is -3.92. The van der Waals surface area contributed by atoms with Crippen molar-refractivity contribution in [2.45, 2.75) is 26.9 Å². The van der Waals surface area contributed by atoms with Crippen LogP contribution in [-0.4, -0.2) is 127 Å². The van der Waals surface area contributed by atoms with E-state index in [1.807, 2.05) is 35.6 Å². The van der Waals surface area contributed by atoms with Gasteiger partial charge in [0, 0.05) is 12.5 Å². The van der Waals surface area contributed by atoms with Crippen LogP contribution in [0.3, 0.4) is 0 Å². The molecular weight excluding hydrogens is 624 g/mol. The fourth-order valence-corrected chi connectivity index (χ4v) is 2.70. The van der Waals surface area contributed by atoms with E-state index >= 15 is 0 Å². The van der Waals surface area contributed by atoms with E-state index in [1.165, 1.54) is 0 Å². The van der Waals surface area contributed by atoms with Gasteiger partial charge in [-0.3, -0.25) is 0 Å². The van der Waals surface area contributed by atoms with Gasteiger partial charge in [0.05, 0.1) is 127 Å². The van der Waals surface area contributed by atoms with Crippen LogP contribution in [0.5, 0.6) is 0 Å². The highest BCUT2D eigenvalue weighted by Gasteiger charge is 1.96. The third kappa shape index (κ3) is 42.1. The highest BCUT2D eigenvalue weighted by atomic mass is 32.2. The van der Waals surface area contributed by atoms with E-state index in [0.29, 0.717) is 91.8 Å². The molecule has 44 heavy (non-hydrogen) atoms. The van der Waals surface area contributed by atoms with Crippen molar-refractivity contribution >= 4 is 20.2 Å². The Labute approximate surface area is 262 Å². The number of hydrogen-bond donors (Lipinski definition) is 0. The summed E-state index contributed by atoms with van der Waals surface area (Å²) in [6, 6.07) is 0. The first-order valence-electron chi connectivity index (χ1n) is 14.0. The number of aromatic nitrogens is 4. The molecule has 0 N–H and O–H groups in total. The summed E-state index contributed by atoms with van der Waals surface area (Å²) in [6.07, 6.45) is 13.5. The lowest BCUT2D eigenvalue weighted by atomic mass is 10.6. The fraction of sp³-hybridized carbons (Fsp3) is 0.769. The van der Waals surface area contributed by atoms with E-state index in [-0.39, 0.29) is 0 Å². The third-order valence-corrected chi connectivity index (χ3v) is 4.61. The molecule has 1 fully saturated rings. The van der Waals surface area contributed by atoms with Gasteiger partial charge < -0.3 is 37.5 Å². The number of rotatable bonds is 2. The lowest BCUT2D eigenvalue weighted by Crippen LogP contribution is -2.23. The SMILES string of the molecule is C1COCCOCCOCCOCCOCCO1.CCn1cc[n+](C)c1.CCn1cc[n+](C)c1.CS(=O)(=O)[O-].CS(=O)(=O)[O-]. The highest BCUT2D eigenvalue weighted by molar-refractivity contribution is 7.85. The van der Waals surface area contributed by atoms with Crippen LogP contribution in [0.1, 0.15) is 13.8 Å². The molecule has 0 atom stereocenters. The predicted molar refractivity (Wildman–Crippen MR) is 159 cm³/mol. The summed E-state index contributed by atoms with van der Waals surface area (Å²) in [5.74, 6) is 0. The van der Waals surface area contributed by atoms with Crippen LogP contribution in [-0.2, 0) is 75.8 Å². The number of aryl methyl sites for hydroxylation is 4. The quantitative estimate of drug-likeness (QED) is 0.282. The molecule has 0 radical (unpaired) electrons. The Kier molecular flexibility index (Phi) is 28.6. The van der Waals surface area contributed by atoms with E-state index < -0.39 is 20.2 Å². The van der Waals surface area contributed by atoms with Gasteiger partial charge >= 0.3 is 0 Å². The summed E-state index contributed by atoms with van der Waals surface area (Å²) in [5.41, 5.74) is 0. The smallest absolute Gasteiger partial charge is 0.243 e. The summed E-state index contributed by atoms with van der Waals surface area (Å²) in [4.78, 5) is 0. The molecule has 0 amide bonds. The van der Waals surface area contributed by atoms with Gasteiger partial charge in [-0.25, -0.2) is 35.1 Å². The first-order chi connectivity index (χ1) is 20.7. The summed E-state index contributed by atoms with van der Waals surface area (Å²) in [5, 5.41) is 0. The minimum Gasteiger partial charge on any atom is -0.748 e. The molecule has 2 aromatic rings. The largest absolute Gasteiger partial charge is 0.748 e. The Morgan fingerprint density at radius 3 is 0.818 bits per heavy atom. The average molecular weight is 677 g/mol. The van der Waals surface area contributed by atoms with E-state index in [9.17, 15) is 0 Å².